The first-order chi connectivity index (χ1) is 28.5. The first-order valence-electron chi connectivity index (χ1n) is 20.3. The smallest absolute Gasteiger partial charge is 0.407 e. The predicted octanol–water partition coefficient (Wildman–Crippen LogP) is 6.30. The van der Waals surface area contributed by atoms with Gasteiger partial charge in [0.25, 0.3) is 0 Å². The molecule has 0 radical (unpaired) electrons. The van der Waals surface area contributed by atoms with Gasteiger partial charge in [-0.05, 0) is 78.9 Å². The highest BCUT2D eigenvalue weighted by Gasteiger charge is 2.41. The maximum Gasteiger partial charge on any atom is 0.407 e. The van der Waals surface area contributed by atoms with E-state index in [0.29, 0.717) is 38.5 Å². The molecule has 8 rings (SSSR count). The highest BCUT2D eigenvalue weighted by Crippen LogP contribution is 2.44. The summed E-state index contributed by atoms with van der Waals surface area (Å²) in [5.41, 5.74) is 6.66. The molecule has 0 aliphatic carbocycles. The molecule has 15 nitrogen and oxygen atoms in total. The van der Waals surface area contributed by atoms with Crippen molar-refractivity contribution in [3.05, 3.63) is 65.9 Å². The lowest BCUT2D eigenvalue weighted by atomic mass is 9.92. The molecule has 0 spiro atoms. The molecule has 0 bridgehead atoms. The first kappa shape index (κ1) is 40.3. The minimum absolute atomic E-state index is 0.0463. The third-order valence-corrected chi connectivity index (χ3v) is 12.2. The van der Waals surface area contributed by atoms with Crippen molar-refractivity contribution in [1.82, 2.24) is 35.1 Å². The number of aromatic amines is 2. The van der Waals surface area contributed by atoms with Crippen LogP contribution in [0.2, 0.25) is 0 Å². The van der Waals surface area contributed by atoms with E-state index >= 15 is 0 Å². The van der Waals surface area contributed by atoms with E-state index in [9.17, 15) is 14.4 Å². The number of H-pyrrole nitrogens is 2. The Hall–Kier alpha value is -5.51. The number of aromatic nitrogens is 4. The van der Waals surface area contributed by atoms with Crippen molar-refractivity contribution >= 4 is 39.7 Å². The van der Waals surface area contributed by atoms with Crippen molar-refractivity contribution in [3.8, 4) is 28.1 Å². The fourth-order valence-corrected chi connectivity index (χ4v) is 8.97. The minimum atomic E-state index is -0.914. The Labute approximate surface area is 343 Å². The van der Waals surface area contributed by atoms with E-state index in [1.165, 1.54) is 14.2 Å². The predicted molar refractivity (Wildman–Crippen MR) is 221 cm³/mol. The number of carbonyl (C=O) groups is 3. The lowest BCUT2D eigenvalue weighted by molar-refractivity contribution is -0.138. The van der Waals surface area contributed by atoms with E-state index in [4.69, 9.17) is 33.7 Å². The SMILES string of the molecule is COC[C@H]1C[C@@H](c2nc3c(ccc4cc5c(cc43)OCc3cc(-c4cnc([C@@H]6C[C@H](C)CN6C(=O)[C@@H](NC(=O)OC)[C@@H](C)OC)[nH]4)ccc3-5)[nH]2)N(C(=O)C[C@@H](C)OC)C1. The molecule has 3 aliphatic heterocycles. The Balaban J connectivity index is 1.05. The van der Waals surface area contributed by atoms with Gasteiger partial charge < -0.3 is 48.8 Å². The van der Waals surface area contributed by atoms with Crippen LogP contribution in [-0.2, 0) is 35.1 Å². The number of nitrogens with one attached hydrogen (secondary N) is 3. The number of alkyl carbamates (subject to hydrolysis) is 1. The highest BCUT2D eigenvalue weighted by atomic mass is 16.5. The van der Waals surface area contributed by atoms with Gasteiger partial charge >= 0.3 is 6.09 Å². The Morgan fingerprint density at radius 2 is 1.75 bits per heavy atom. The number of methoxy groups -OCH3 is 4. The van der Waals surface area contributed by atoms with Crippen molar-refractivity contribution < 1.29 is 38.1 Å². The topological polar surface area (TPSA) is 173 Å². The number of rotatable bonds is 12. The summed E-state index contributed by atoms with van der Waals surface area (Å²) in [5, 5.41) is 4.66. The summed E-state index contributed by atoms with van der Waals surface area (Å²) < 4.78 is 27.6. The molecule has 2 aromatic heterocycles. The van der Waals surface area contributed by atoms with Gasteiger partial charge in [-0.15, -0.1) is 0 Å². The molecule has 3 amide bonds. The van der Waals surface area contributed by atoms with E-state index < -0.39 is 18.2 Å². The zero-order valence-corrected chi connectivity index (χ0v) is 34.7. The van der Waals surface area contributed by atoms with Crippen LogP contribution in [-0.4, -0.2) is 114 Å². The minimum Gasteiger partial charge on any atom is -0.488 e. The monoisotopic (exact) mass is 807 g/mol. The Kier molecular flexibility index (Phi) is 11.3. The highest BCUT2D eigenvalue weighted by molar-refractivity contribution is 6.07. The number of likely N-dealkylation sites (tertiary alicyclic amines) is 2. The summed E-state index contributed by atoms with van der Waals surface area (Å²) >= 11 is 0. The molecule has 312 valence electrons. The average molecular weight is 808 g/mol. The second-order valence-corrected chi connectivity index (χ2v) is 16.3. The standard InChI is InChI=1S/C44H53N7O8/c1-23-12-35(51(19-23)43(53)39(25(3)57-6)49-44(54)58-7)41-45-18-34(47-41)28-8-10-30-29(15-28)22-59-37-17-31-27(16-32(30)37)9-11-33-40(31)48-42(46-33)36-14-26(21-55-4)20-50(36)38(52)13-24(2)56-5/h8-11,15-18,23-26,35-36,39H,12-14,19-22H2,1-7H3,(H,45,47)(H,46,48)(H,49,54)/t23-,24+,25+,26-,35-,36-,39-/m0/s1. The van der Waals surface area contributed by atoms with Gasteiger partial charge in [0.2, 0.25) is 11.8 Å². The van der Waals surface area contributed by atoms with Crippen LogP contribution in [0.3, 0.4) is 0 Å². The molecule has 3 aliphatic rings. The van der Waals surface area contributed by atoms with Gasteiger partial charge in [-0.1, -0.05) is 25.1 Å². The van der Waals surface area contributed by atoms with Crippen LogP contribution >= 0.6 is 0 Å². The summed E-state index contributed by atoms with van der Waals surface area (Å²) in [5.74, 6) is 2.48. The molecule has 0 unspecified atom stereocenters. The normalized spacial score (nSPS) is 21.5. The van der Waals surface area contributed by atoms with Crippen LogP contribution in [0.5, 0.6) is 5.75 Å². The molecular weight excluding hydrogens is 755 g/mol. The number of fused-ring (bicyclic) bond motifs is 6. The van der Waals surface area contributed by atoms with Crippen LogP contribution in [0.1, 0.15) is 69.3 Å². The van der Waals surface area contributed by atoms with E-state index in [1.54, 1.807) is 32.2 Å². The summed E-state index contributed by atoms with van der Waals surface area (Å²) in [4.78, 5) is 60.1. The Morgan fingerprint density at radius 1 is 0.932 bits per heavy atom. The van der Waals surface area contributed by atoms with Crippen molar-refractivity contribution in [1.29, 1.82) is 0 Å². The molecule has 2 fully saturated rings. The first-order valence-corrected chi connectivity index (χ1v) is 20.3. The number of hydrogen-bond donors (Lipinski definition) is 3. The van der Waals surface area contributed by atoms with Crippen molar-refractivity contribution in [2.45, 2.75) is 77.0 Å². The van der Waals surface area contributed by atoms with Gasteiger partial charge in [0.15, 0.2) is 0 Å². The fraction of sp³-hybridized carbons (Fsp3) is 0.477. The second-order valence-electron chi connectivity index (χ2n) is 16.3. The number of ether oxygens (including phenoxy) is 5. The molecule has 3 N–H and O–H groups in total. The third kappa shape index (κ3) is 7.74. The van der Waals surface area contributed by atoms with Gasteiger partial charge in [-0.2, -0.15) is 0 Å². The Bertz CT molecular complexity index is 2380. The Morgan fingerprint density at radius 3 is 2.51 bits per heavy atom. The number of carbonyl (C=O) groups excluding carboxylic acids is 3. The lowest BCUT2D eigenvalue weighted by Gasteiger charge is -2.30. The van der Waals surface area contributed by atoms with Gasteiger partial charge in [-0.25, -0.2) is 14.8 Å². The molecule has 5 heterocycles. The second kappa shape index (κ2) is 16.6. The van der Waals surface area contributed by atoms with E-state index in [2.05, 4.69) is 64.7 Å². The number of amides is 3. The van der Waals surface area contributed by atoms with Gasteiger partial charge in [0, 0.05) is 51.3 Å². The van der Waals surface area contributed by atoms with Crippen molar-refractivity contribution in [2.75, 3.05) is 48.1 Å². The summed E-state index contributed by atoms with van der Waals surface area (Å²) in [6, 6.07) is 13.3. The third-order valence-electron chi connectivity index (χ3n) is 12.2. The van der Waals surface area contributed by atoms with Gasteiger partial charge in [-0.3, -0.25) is 9.59 Å². The molecule has 15 heteroatoms. The van der Waals surface area contributed by atoms with Crippen LogP contribution in [0, 0.1) is 11.8 Å². The van der Waals surface area contributed by atoms with E-state index in [-0.39, 0.29) is 41.8 Å². The number of hydrogen-bond acceptors (Lipinski definition) is 10. The molecule has 7 atom stereocenters. The number of benzene rings is 3. The van der Waals surface area contributed by atoms with Crippen molar-refractivity contribution in [3.63, 3.8) is 0 Å². The molecule has 5 aromatic rings. The zero-order chi connectivity index (χ0) is 41.5. The fourth-order valence-electron chi connectivity index (χ4n) is 8.97. The number of nitrogens with zero attached hydrogens (tertiary/aromatic N) is 4. The number of imidazole rings is 2. The average Bonchev–Trinajstić information content (AvgIpc) is 4.07. The van der Waals surface area contributed by atoms with Gasteiger partial charge in [0.1, 0.15) is 30.0 Å². The van der Waals surface area contributed by atoms with E-state index in [1.807, 2.05) is 11.8 Å². The van der Waals surface area contributed by atoms with Crippen LogP contribution in [0.15, 0.2) is 48.7 Å². The van der Waals surface area contributed by atoms with Crippen LogP contribution in [0.4, 0.5) is 4.79 Å². The van der Waals surface area contributed by atoms with Crippen LogP contribution in [0.25, 0.3) is 44.2 Å². The van der Waals surface area contributed by atoms with E-state index in [0.717, 1.165) is 74.2 Å². The maximum absolute atomic E-state index is 13.9. The molecule has 0 saturated carbocycles. The molecule has 2 saturated heterocycles. The van der Waals surface area contributed by atoms with Gasteiger partial charge in [0.05, 0.1) is 67.4 Å². The summed E-state index contributed by atoms with van der Waals surface area (Å²) in [6.45, 7) is 7.85. The molecule has 59 heavy (non-hydrogen) atoms. The summed E-state index contributed by atoms with van der Waals surface area (Å²) in [6.07, 6.45) is 2.16. The summed E-state index contributed by atoms with van der Waals surface area (Å²) in [7, 11) is 6.09. The van der Waals surface area contributed by atoms with Crippen molar-refractivity contribution in [2.24, 2.45) is 11.8 Å². The maximum atomic E-state index is 13.9. The molecular formula is C44H53N7O8. The zero-order valence-electron chi connectivity index (χ0n) is 34.7. The molecule has 3 aromatic carbocycles. The lowest BCUT2D eigenvalue weighted by Crippen LogP contribution is -2.54. The quantitative estimate of drug-likeness (QED) is 0.130. The van der Waals surface area contributed by atoms with Crippen LogP contribution < -0.4 is 10.1 Å². The largest absolute Gasteiger partial charge is 0.488 e.